The second kappa shape index (κ2) is 6.44. The Labute approximate surface area is 113 Å². The van der Waals surface area contributed by atoms with Crippen molar-refractivity contribution in [1.29, 1.82) is 0 Å². The van der Waals surface area contributed by atoms with Gasteiger partial charge in [0.15, 0.2) is 17.5 Å². The van der Waals surface area contributed by atoms with Gasteiger partial charge in [-0.3, -0.25) is 0 Å². The molecule has 0 aromatic heterocycles. The monoisotopic (exact) mass is 270 g/mol. The SMILES string of the molecule is CCC1CCC(CCc2cc(F)c(F)c(F)c2)CC1. The summed E-state index contributed by atoms with van der Waals surface area (Å²) < 4.78 is 39.0. The van der Waals surface area contributed by atoms with Crippen LogP contribution in [0.15, 0.2) is 12.1 Å². The molecule has 106 valence electrons. The van der Waals surface area contributed by atoms with Crippen LogP contribution in [0.4, 0.5) is 13.2 Å². The Morgan fingerprint density at radius 1 is 0.947 bits per heavy atom. The molecule has 0 heterocycles. The summed E-state index contributed by atoms with van der Waals surface area (Å²) in [6.07, 6.45) is 7.80. The molecule has 0 radical (unpaired) electrons. The lowest BCUT2D eigenvalue weighted by Gasteiger charge is -2.27. The predicted molar refractivity (Wildman–Crippen MR) is 70.4 cm³/mol. The first-order valence-corrected chi connectivity index (χ1v) is 7.23. The highest BCUT2D eigenvalue weighted by molar-refractivity contribution is 5.19. The van der Waals surface area contributed by atoms with E-state index >= 15 is 0 Å². The molecular formula is C16H21F3. The van der Waals surface area contributed by atoms with Crippen molar-refractivity contribution in [2.75, 3.05) is 0 Å². The molecule has 19 heavy (non-hydrogen) atoms. The molecule has 0 saturated heterocycles. The van der Waals surface area contributed by atoms with Crippen LogP contribution in [0.1, 0.15) is 51.0 Å². The van der Waals surface area contributed by atoms with Crippen molar-refractivity contribution in [3.8, 4) is 0 Å². The van der Waals surface area contributed by atoms with Crippen LogP contribution in [0.25, 0.3) is 0 Å². The van der Waals surface area contributed by atoms with Crippen LogP contribution in [-0.4, -0.2) is 0 Å². The van der Waals surface area contributed by atoms with E-state index in [2.05, 4.69) is 6.92 Å². The van der Waals surface area contributed by atoms with Gasteiger partial charge in [0.1, 0.15) is 0 Å². The van der Waals surface area contributed by atoms with Crippen LogP contribution in [0.5, 0.6) is 0 Å². The average molecular weight is 270 g/mol. The van der Waals surface area contributed by atoms with Crippen LogP contribution in [-0.2, 0) is 6.42 Å². The summed E-state index contributed by atoms with van der Waals surface area (Å²) in [4.78, 5) is 0. The smallest absolute Gasteiger partial charge is 0.194 e. The van der Waals surface area contributed by atoms with E-state index in [0.717, 1.165) is 24.5 Å². The van der Waals surface area contributed by atoms with Crippen LogP contribution in [0.3, 0.4) is 0 Å². The molecule has 0 nitrogen and oxygen atoms in total. The molecule has 0 bridgehead atoms. The second-order valence-corrected chi connectivity index (χ2v) is 5.71. The zero-order valence-electron chi connectivity index (χ0n) is 11.4. The highest BCUT2D eigenvalue weighted by Crippen LogP contribution is 2.33. The van der Waals surface area contributed by atoms with Gasteiger partial charge in [-0.1, -0.05) is 39.0 Å². The van der Waals surface area contributed by atoms with Crippen LogP contribution in [0.2, 0.25) is 0 Å². The first-order valence-electron chi connectivity index (χ1n) is 7.23. The van der Waals surface area contributed by atoms with Gasteiger partial charge in [-0.15, -0.1) is 0 Å². The lowest BCUT2D eigenvalue weighted by atomic mass is 9.78. The van der Waals surface area contributed by atoms with Gasteiger partial charge < -0.3 is 0 Å². The van der Waals surface area contributed by atoms with Crippen LogP contribution >= 0.6 is 0 Å². The maximum absolute atomic E-state index is 13.1. The van der Waals surface area contributed by atoms with Crippen molar-refractivity contribution >= 4 is 0 Å². The topological polar surface area (TPSA) is 0 Å². The van der Waals surface area contributed by atoms with Crippen molar-refractivity contribution in [2.45, 2.75) is 51.9 Å². The molecule has 0 atom stereocenters. The van der Waals surface area contributed by atoms with Gasteiger partial charge in [-0.25, -0.2) is 13.2 Å². The highest BCUT2D eigenvalue weighted by atomic mass is 19.2. The number of rotatable bonds is 4. The van der Waals surface area contributed by atoms with Crippen LogP contribution in [0, 0.1) is 29.3 Å². The molecule has 2 rings (SSSR count). The molecule has 1 aromatic rings. The molecule has 1 aliphatic carbocycles. The van der Waals surface area contributed by atoms with E-state index in [0.29, 0.717) is 17.9 Å². The molecule has 1 aliphatic rings. The fourth-order valence-corrected chi connectivity index (χ4v) is 3.05. The first kappa shape index (κ1) is 14.4. The summed E-state index contributed by atoms with van der Waals surface area (Å²) in [6.45, 7) is 2.23. The van der Waals surface area contributed by atoms with Gasteiger partial charge >= 0.3 is 0 Å². The quantitative estimate of drug-likeness (QED) is 0.655. The molecule has 0 amide bonds. The largest absolute Gasteiger partial charge is 0.204 e. The average Bonchev–Trinajstić information content (AvgIpc) is 2.43. The van der Waals surface area contributed by atoms with Crippen molar-refractivity contribution in [3.63, 3.8) is 0 Å². The van der Waals surface area contributed by atoms with E-state index in [1.807, 2.05) is 0 Å². The van der Waals surface area contributed by atoms with E-state index in [9.17, 15) is 13.2 Å². The molecule has 0 unspecified atom stereocenters. The fraction of sp³-hybridized carbons (Fsp3) is 0.625. The molecule has 1 aromatic carbocycles. The summed E-state index contributed by atoms with van der Waals surface area (Å²) in [7, 11) is 0. The Hall–Kier alpha value is -0.990. The summed E-state index contributed by atoms with van der Waals surface area (Å²) in [5, 5.41) is 0. The van der Waals surface area contributed by atoms with Crippen molar-refractivity contribution in [2.24, 2.45) is 11.8 Å². The van der Waals surface area contributed by atoms with Crippen molar-refractivity contribution in [3.05, 3.63) is 35.1 Å². The Kier molecular flexibility index (Phi) is 4.89. The normalized spacial score (nSPS) is 23.6. The van der Waals surface area contributed by atoms with Crippen molar-refractivity contribution in [1.82, 2.24) is 0 Å². The zero-order chi connectivity index (χ0) is 13.8. The van der Waals surface area contributed by atoms with Crippen LogP contribution < -0.4 is 0 Å². The maximum Gasteiger partial charge on any atom is 0.194 e. The number of hydrogen-bond donors (Lipinski definition) is 0. The fourth-order valence-electron chi connectivity index (χ4n) is 3.05. The first-order chi connectivity index (χ1) is 9.10. The van der Waals surface area contributed by atoms with E-state index in [1.54, 1.807) is 0 Å². The Bertz CT molecular complexity index is 397. The molecule has 3 heteroatoms. The summed E-state index contributed by atoms with van der Waals surface area (Å²) in [5.74, 6) is -2.02. The third kappa shape index (κ3) is 3.74. The molecule has 0 N–H and O–H groups in total. The standard InChI is InChI=1S/C16H21F3/c1-2-11-3-5-12(6-4-11)7-8-13-9-14(17)16(19)15(18)10-13/h9-12H,2-8H2,1H3. The molecule has 1 fully saturated rings. The third-order valence-corrected chi connectivity index (χ3v) is 4.43. The summed E-state index contributed by atoms with van der Waals surface area (Å²) in [6, 6.07) is 2.24. The van der Waals surface area contributed by atoms with E-state index < -0.39 is 17.5 Å². The molecule has 0 aliphatic heterocycles. The second-order valence-electron chi connectivity index (χ2n) is 5.71. The van der Waals surface area contributed by atoms with E-state index in [-0.39, 0.29) is 0 Å². The predicted octanol–water partition coefficient (Wildman–Crippen LogP) is 5.25. The van der Waals surface area contributed by atoms with Gasteiger partial charge in [0.25, 0.3) is 0 Å². The maximum atomic E-state index is 13.1. The molecule has 0 spiro atoms. The number of halogens is 3. The molecular weight excluding hydrogens is 249 g/mol. The Balaban J connectivity index is 1.86. The Morgan fingerprint density at radius 2 is 1.47 bits per heavy atom. The highest BCUT2D eigenvalue weighted by Gasteiger charge is 2.20. The van der Waals surface area contributed by atoms with Crippen molar-refractivity contribution < 1.29 is 13.2 Å². The lowest BCUT2D eigenvalue weighted by Crippen LogP contribution is -2.14. The minimum atomic E-state index is -1.37. The van der Waals surface area contributed by atoms with E-state index in [4.69, 9.17) is 0 Å². The van der Waals surface area contributed by atoms with Gasteiger partial charge in [-0.05, 0) is 42.4 Å². The van der Waals surface area contributed by atoms with Gasteiger partial charge in [-0.2, -0.15) is 0 Å². The number of benzene rings is 1. The van der Waals surface area contributed by atoms with Gasteiger partial charge in [0.05, 0.1) is 0 Å². The number of aryl methyl sites for hydroxylation is 1. The van der Waals surface area contributed by atoms with Gasteiger partial charge in [0, 0.05) is 0 Å². The zero-order valence-corrected chi connectivity index (χ0v) is 11.4. The van der Waals surface area contributed by atoms with Gasteiger partial charge in [0.2, 0.25) is 0 Å². The Morgan fingerprint density at radius 3 is 2.00 bits per heavy atom. The summed E-state index contributed by atoms with van der Waals surface area (Å²) in [5.41, 5.74) is 0.564. The summed E-state index contributed by atoms with van der Waals surface area (Å²) >= 11 is 0. The number of hydrogen-bond acceptors (Lipinski definition) is 0. The molecule has 1 saturated carbocycles. The minimum absolute atomic E-state index is 0.564. The third-order valence-electron chi connectivity index (χ3n) is 4.43. The lowest BCUT2D eigenvalue weighted by molar-refractivity contribution is 0.258. The minimum Gasteiger partial charge on any atom is -0.204 e. The van der Waals surface area contributed by atoms with E-state index in [1.165, 1.54) is 32.1 Å².